The number of likely N-dealkylation sites (tertiary alicyclic amines) is 1. The Morgan fingerprint density at radius 2 is 2.16 bits per heavy atom. The van der Waals surface area contributed by atoms with E-state index in [0.717, 1.165) is 5.56 Å². The molecule has 1 saturated heterocycles. The molecule has 1 fully saturated rings. The molecule has 0 aromatic heterocycles. The van der Waals surface area contributed by atoms with E-state index in [1.165, 1.54) is 0 Å². The normalized spacial score (nSPS) is 24.5. The number of carbonyl (C=O) groups is 1. The molecule has 1 amide bonds. The van der Waals surface area contributed by atoms with Gasteiger partial charge in [0, 0.05) is 25.0 Å². The van der Waals surface area contributed by atoms with Crippen LogP contribution in [-0.2, 0) is 4.79 Å². The van der Waals surface area contributed by atoms with Gasteiger partial charge >= 0.3 is 0 Å². The van der Waals surface area contributed by atoms with E-state index in [4.69, 9.17) is 0 Å². The smallest absolute Gasteiger partial charge is 0.226 e. The van der Waals surface area contributed by atoms with E-state index in [1.54, 1.807) is 6.08 Å². The number of benzene rings is 1. The van der Waals surface area contributed by atoms with Crippen molar-refractivity contribution >= 4 is 5.91 Å². The van der Waals surface area contributed by atoms with Gasteiger partial charge in [-0.3, -0.25) is 4.79 Å². The van der Waals surface area contributed by atoms with Crippen molar-refractivity contribution in [3.05, 3.63) is 48.6 Å². The molecule has 102 valence electrons. The zero-order chi connectivity index (χ0) is 13.8. The molecule has 0 aliphatic carbocycles. The van der Waals surface area contributed by atoms with Crippen LogP contribution < -0.4 is 0 Å². The lowest BCUT2D eigenvalue weighted by Crippen LogP contribution is -2.30. The number of allylic oxidation sites excluding steroid dienone is 1. The Balaban J connectivity index is 2.17. The fourth-order valence-corrected chi connectivity index (χ4v) is 2.80. The van der Waals surface area contributed by atoms with Crippen molar-refractivity contribution in [3.63, 3.8) is 0 Å². The number of hydrogen-bond acceptors (Lipinski definition) is 2. The van der Waals surface area contributed by atoms with Crippen LogP contribution in [0.5, 0.6) is 0 Å². The predicted molar refractivity (Wildman–Crippen MR) is 75.4 cm³/mol. The highest BCUT2D eigenvalue weighted by molar-refractivity contribution is 5.82. The summed E-state index contributed by atoms with van der Waals surface area (Å²) in [6.45, 7) is 6.43. The van der Waals surface area contributed by atoms with Crippen molar-refractivity contribution in [3.8, 4) is 0 Å². The SMILES string of the molecule is C=CCC1C(=O)N(C(C)c2ccccc2)C[C@H]1CO. The number of aliphatic hydroxyl groups is 1. The van der Waals surface area contributed by atoms with Gasteiger partial charge in [0.25, 0.3) is 0 Å². The first kappa shape index (κ1) is 13.8. The lowest BCUT2D eigenvalue weighted by Gasteiger charge is -2.25. The van der Waals surface area contributed by atoms with Gasteiger partial charge in [0.1, 0.15) is 0 Å². The van der Waals surface area contributed by atoms with Crippen molar-refractivity contribution in [1.82, 2.24) is 4.90 Å². The third kappa shape index (κ3) is 2.71. The van der Waals surface area contributed by atoms with E-state index in [-0.39, 0.29) is 30.4 Å². The molecule has 1 aromatic rings. The summed E-state index contributed by atoms with van der Waals surface area (Å²) in [7, 11) is 0. The quantitative estimate of drug-likeness (QED) is 0.825. The lowest BCUT2D eigenvalue weighted by atomic mass is 9.93. The maximum Gasteiger partial charge on any atom is 0.226 e. The van der Waals surface area contributed by atoms with Crippen LogP contribution in [0.2, 0.25) is 0 Å². The molecule has 0 bridgehead atoms. The van der Waals surface area contributed by atoms with E-state index in [9.17, 15) is 9.90 Å². The Morgan fingerprint density at radius 1 is 1.47 bits per heavy atom. The summed E-state index contributed by atoms with van der Waals surface area (Å²) in [5, 5.41) is 9.44. The summed E-state index contributed by atoms with van der Waals surface area (Å²) in [6.07, 6.45) is 2.41. The summed E-state index contributed by atoms with van der Waals surface area (Å²) >= 11 is 0. The Morgan fingerprint density at radius 3 is 2.74 bits per heavy atom. The average Bonchev–Trinajstić information content (AvgIpc) is 2.76. The summed E-state index contributed by atoms with van der Waals surface area (Å²) in [5.41, 5.74) is 1.13. The minimum atomic E-state index is -0.117. The van der Waals surface area contributed by atoms with Crippen LogP contribution in [0.3, 0.4) is 0 Å². The van der Waals surface area contributed by atoms with Crippen molar-refractivity contribution in [2.75, 3.05) is 13.2 Å². The van der Waals surface area contributed by atoms with Crippen LogP contribution >= 0.6 is 0 Å². The lowest BCUT2D eigenvalue weighted by molar-refractivity contribution is -0.132. The number of hydrogen-bond donors (Lipinski definition) is 1. The first-order valence-corrected chi connectivity index (χ1v) is 6.76. The average molecular weight is 259 g/mol. The van der Waals surface area contributed by atoms with Crippen molar-refractivity contribution in [2.45, 2.75) is 19.4 Å². The fourth-order valence-electron chi connectivity index (χ4n) is 2.80. The van der Waals surface area contributed by atoms with E-state index in [1.807, 2.05) is 42.2 Å². The first-order chi connectivity index (χ1) is 9.19. The van der Waals surface area contributed by atoms with E-state index in [2.05, 4.69) is 6.58 Å². The maximum atomic E-state index is 12.4. The van der Waals surface area contributed by atoms with Gasteiger partial charge in [-0.2, -0.15) is 0 Å². The first-order valence-electron chi connectivity index (χ1n) is 6.76. The van der Waals surface area contributed by atoms with E-state index in [0.29, 0.717) is 13.0 Å². The summed E-state index contributed by atoms with van der Waals surface area (Å²) in [5.74, 6) is 0.0422. The molecular weight excluding hydrogens is 238 g/mol. The topological polar surface area (TPSA) is 40.5 Å². The highest BCUT2D eigenvalue weighted by Crippen LogP contribution is 2.33. The van der Waals surface area contributed by atoms with Gasteiger partial charge in [-0.05, 0) is 18.9 Å². The number of rotatable bonds is 5. The van der Waals surface area contributed by atoms with Gasteiger partial charge in [-0.15, -0.1) is 6.58 Å². The molecule has 0 spiro atoms. The fraction of sp³-hybridized carbons (Fsp3) is 0.438. The highest BCUT2D eigenvalue weighted by Gasteiger charge is 2.41. The van der Waals surface area contributed by atoms with Crippen molar-refractivity contribution < 1.29 is 9.90 Å². The monoisotopic (exact) mass is 259 g/mol. The number of amides is 1. The highest BCUT2D eigenvalue weighted by atomic mass is 16.3. The second kappa shape index (κ2) is 6.02. The van der Waals surface area contributed by atoms with Crippen LogP contribution in [0.1, 0.15) is 24.9 Å². The Kier molecular flexibility index (Phi) is 4.38. The standard InChI is InChI=1S/C16H21NO2/c1-3-7-15-14(11-18)10-17(16(15)19)12(2)13-8-5-4-6-9-13/h3-6,8-9,12,14-15,18H,1,7,10-11H2,2H3/t12?,14-,15?/m0/s1. The summed E-state index contributed by atoms with van der Waals surface area (Å²) in [4.78, 5) is 14.3. The number of carbonyl (C=O) groups excluding carboxylic acids is 1. The molecule has 1 aliphatic heterocycles. The molecular formula is C16H21NO2. The van der Waals surface area contributed by atoms with Gasteiger partial charge in [-0.1, -0.05) is 36.4 Å². The molecule has 3 heteroatoms. The predicted octanol–water partition coefficient (Wildman–Crippen LogP) is 2.39. The van der Waals surface area contributed by atoms with Gasteiger partial charge in [0.15, 0.2) is 0 Å². The molecule has 1 heterocycles. The van der Waals surface area contributed by atoms with Crippen molar-refractivity contribution in [1.29, 1.82) is 0 Å². The Labute approximate surface area is 114 Å². The third-order valence-corrected chi connectivity index (χ3v) is 4.01. The van der Waals surface area contributed by atoms with Crippen LogP contribution in [0.25, 0.3) is 0 Å². The van der Waals surface area contributed by atoms with Crippen LogP contribution in [0.4, 0.5) is 0 Å². The van der Waals surface area contributed by atoms with Gasteiger partial charge in [-0.25, -0.2) is 0 Å². The minimum absolute atomic E-state index is 0.0247. The molecule has 2 unspecified atom stereocenters. The van der Waals surface area contributed by atoms with E-state index >= 15 is 0 Å². The molecule has 1 aromatic carbocycles. The van der Waals surface area contributed by atoms with Gasteiger partial charge < -0.3 is 10.0 Å². The van der Waals surface area contributed by atoms with E-state index < -0.39 is 0 Å². The second-order valence-corrected chi connectivity index (χ2v) is 5.15. The molecule has 1 N–H and O–H groups in total. The summed E-state index contributed by atoms with van der Waals surface area (Å²) in [6, 6.07) is 10.1. The zero-order valence-corrected chi connectivity index (χ0v) is 11.3. The van der Waals surface area contributed by atoms with Gasteiger partial charge in [0.2, 0.25) is 5.91 Å². The largest absolute Gasteiger partial charge is 0.396 e. The molecule has 2 rings (SSSR count). The molecule has 3 atom stereocenters. The second-order valence-electron chi connectivity index (χ2n) is 5.15. The number of nitrogens with zero attached hydrogens (tertiary/aromatic N) is 1. The molecule has 3 nitrogen and oxygen atoms in total. The zero-order valence-electron chi connectivity index (χ0n) is 11.3. The van der Waals surface area contributed by atoms with Crippen LogP contribution in [0, 0.1) is 11.8 Å². The minimum Gasteiger partial charge on any atom is -0.396 e. The number of aliphatic hydroxyl groups excluding tert-OH is 1. The summed E-state index contributed by atoms with van der Waals surface area (Å²) < 4.78 is 0. The van der Waals surface area contributed by atoms with Gasteiger partial charge in [0.05, 0.1) is 6.04 Å². The Bertz CT molecular complexity index is 443. The Hall–Kier alpha value is -1.61. The molecule has 1 aliphatic rings. The van der Waals surface area contributed by atoms with Crippen LogP contribution in [-0.4, -0.2) is 29.1 Å². The molecule has 19 heavy (non-hydrogen) atoms. The molecule has 0 radical (unpaired) electrons. The third-order valence-electron chi connectivity index (χ3n) is 4.01. The van der Waals surface area contributed by atoms with Crippen LogP contribution in [0.15, 0.2) is 43.0 Å². The maximum absolute atomic E-state index is 12.4. The molecule has 0 saturated carbocycles. The van der Waals surface area contributed by atoms with Crippen molar-refractivity contribution in [2.24, 2.45) is 11.8 Å².